The number of rotatable bonds is 4. The summed E-state index contributed by atoms with van der Waals surface area (Å²) in [6.45, 7) is 9.38. The first-order valence-electron chi connectivity index (χ1n) is 6.74. The number of anilines is 1. The van der Waals surface area contributed by atoms with E-state index in [2.05, 4.69) is 16.0 Å². The highest BCUT2D eigenvalue weighted by atomic mass is 16.2. The number of nitrogens with one attached hydrogen (secondary N) is 3. The van der Waals surface area contributed by atoms with Gasteiger partial charge in [0.25, 0.3) is 0 Å². The molecular formula is C15H23N3O2. The third kappa shape index (κ3) is 4.91. The van der Waals surface area contributed by atoms with Crippen molar-refractivity contribution < 1.29 is 9.59 Å². The Balaban J connectivity index is 2.59. The molecule has 3 amide bonds. The van der Waals surface area contributed by atoms with Gasteiger partial charge < -0.3 is 10.6 Å². The lowest BCUT2D eigenvalue weighted by Gasteiger charge is -2.17. The summed E-state index contributed by atoms with van der Waals surface area (Å²) >= 11 is 0. The van der Waals surface area contributed by atoms with Crippen LogP contribution in [0.15, 0.2) is 18.2 Å². The Hall–Kier alpha value is -2.04. The van der Waals surface area contributed by atoms with Gasteiger partial charge in [0.1, 0.15) is 6.04 Å². The lowest BCUT2D eigenvalue weighted by Crippen LogP contribution is -2.47. The Morgan fingerprint density at radius 2 is 1.75 bits per heavy atom. The number of carbonyl (C=O) groups excluding carboxylic acids is 2. The molecule has 5 nitrogen and oxygen atoms in total. The van der Waals surface area contributed by atoms with E-state index in [1.165, 1.54) is 5.56 Å². The molecule has 1 rings (SSSR count). The molecule has 0 radical (unpaired) electrons. The maximum Gasteiger partial charge on any atom is 0.321 e. The number of carbonyl (C=O) groups is 2. The molecular weight excluding hydrogens is 254 g/mol. The molecule has 0 bridgehead atoms. The van der Waals surface area contributed by atoms with Gasteiger partial charge >= 0.3 is 6.03 Å². The molecule has 0 spiro atoms. The standard InChI is InChI=1S/C15H23N3O2/c1-9(2)16-15(20)18-14(19)12(5)17-13-7-6-10(3)8-11(13)4/h6-9,12,17H,1-5H3,(H2,16,18,19,20)/t12-/m1/s1. The lowest BCUT2D eigenvalue weighted by atomic mass is 10.1. The van der Waals surface area contributed by atoms with Gasteiger partial charge in [0.15, 0.2) is 0 Å². The Labute approximate surface area is 120 Å². The van der Waals surface area contributed by atoms with Gasteiger partial charge in [-0.2, -0.15) is 0 Å². The van der Waals surface area contributed by atoms with Gasteiger partial charge in [-0.1, -0.05) is 17.7 Å². The molecule has 20 heavy (non-hydrogen) atoms. The number of amides is 3. The molecule has 0 saturated carbocycles. The third-order valence-corrected chi connectivity index (χ3v) is 2.80. The highest BCUT2D eigenvalue weighted by Gasteiger charge is 2.16. The van der Waals surface area contributed by atoms with Crippen LogP contribution in [0.1, 0.15) is 31.9 Å². The quantitative estimate of drug-likeness (QED) is 0.791. The Kier molecular flexibility index (Phi) is 5.55. The van der Waals surface area contributed by atoms with Crippen molar-refractivity contribution in [2.75, 3.05) is 5.32 Å². The molecule has 3 N–H and O–H groups in total. The molecule has 0 aliphatic heterocycles. The lowest BCUT2D eigenvalue weighted by molar-refractivity contribution is -0.120. The van der Waals surface area contributed by atoms with E-state index in [1.54, 1.807) is 6.92 Å². The maximum absolute atomic E-state index is 11.9. The Morgan fingerprint density at radius 1 is 1.10 bits per heavy atom. The van der Waals surface area contributed by atoms with Crippen molar-refractivity contribution in [3.8, 4) is 0 Å². The predicted octanol–water partition coefficient (Wildman–Crippen LogP) is 2.34. The minimum Gasteiger partial charge on any atom is -0.374 e. The number of urea groups is 1. The second kappa shape index (κ2) is 6.93. The van der Waals surface area contributed by atoms with Gasteiger partial charge in [0, 0.05) is 11.7 Å². The van der Waals surface area contributed by atoms with Crippen molar-refractivity contribution in [2.24, 2.45) is 0 Å². The fourth-order valence-electron chi connectivity index (χ4n) is 1.79. The van der Waals surface area contributed by atoms with Crippen LogP contribution in [0, 0.1) is 13.8 Å². The summed E-state index contributed by atoms with van der Waals surface area (Å²) in [5, 5.41) is 8.03. The van der Waals surface area contributed by atoms with Crippen LogP contribution in [-0.2, 0) is 4.79 Å². The summed E-state index contributed by atoms with van der Waals surface area (Å²) in [5.74, 6) is -0.358. The summed E-state index contributed by atoms with van der Waals surface area (Å²) in [5.41, 5.74) is 3.13. The fourth-order valence-corrected chi connectivity index (χ4v) is 1.79. The average Bonchev–Trinajstić information content (AvgIpc) is 2.31. The highest BCUT2D eigenvalue weighted by molar-refractivity contribution is 5.98. The molecule has 1 aromatic rings. The molecule has 5 heteroatoms. The van der Waals surface area contributed by atoms with Crippen LogP contribution >= 0.6 is 0 Å². The zero-order valence-corrected chi connectivity index (χ0v) is 12.7. The van der Waals surface area contributed by atoms with Crippen LogP contribution in [0.5, 0.6) is 0 Å². The van der Waals surface area contributed by atoms with Crippen LogP contribution in [0.4, 0.5) is 10.5 Å². The Bertz CT molecular complexity index is 498. The monoisotopic (exact) mass is 277 g/mol. The van der Waals surface area contributed by atoms with Gasteiger partial charge in [0.05, 0.1) is 0 Å². The highest BCUT2D eigenvalue weighted by Crippen LogP contribution is 2.16. The summed E-state index contributed by atoms with van der Waals surface area (Å²) in [4.78, 5) is 23.3. The van der Waals surface area contributed by atoms with E-state index < -0.39 is 12.1 Å². The van der Waals surface area contributed by atoms with Gasteiger partial charge in [-0.25, -0.2) is 4.79 Å². The van der Waals surface area contributed by atoms with Crippen LogP contribution in [-0.4, -0.2) is 24.0 Å². The van der Waals surface area contributed by atoms with E-state index >= 15 is 0 Å². The Morgan fingerprint density at radius 3 is 2.30 bits per heavy atom. The summed E-state index contributed by atoms with van der Waals surface area (Å²) in [6, 6.07) is 4.98. The first kappa shape index (κ1) is 16.0. The summed E-state index contributed by atoms with van der Waals surface area (Å²) < 4.78 is 0. The number of aryl methyl sites for hydroxylation is 2. The smallest absolute Gasteiger partial charge is 0.321 e. The first-order chi connectivity index (χ1) is 9.29. The topological polar surface area (TPSA) is 70.2 Å². The summed E-state index contributed by atoms with van der Waals surface area (Å²) in [7, 11) is 0. The zero-order valence-electron chi connectivity index (χ0n) is 12.7. The van der Waals surface area contributed by atoms with Crippen molar-refractivity contribution in [3.63, 3.8) is 0 Å². The molecule has 0 aliphatic rings. The minimum atomic E-state index is -0.491. The van der Waals surface area contributed by atoms with E-state index in [9.17, 15) is 9.59 Å². The molecule has 0 aromatic heterocycles. The molecule has 0 heterocycles. The predicted molar refractivity (Wildman–Crippen MR) is 80.8 cm³/mol. The fraction of sp³-hybridized carbons (Fsp3) is 0.467. The average molecular weight is 277 g/mol. The first-order valence-corrected chi connectivity index (χ1v) is 6.74. The van der Waals surface area contributed by atoms with Crippen molar-refractivity contribution in [1.29, 1.82) is 0 Å². The maximum atomic E-state index is 11.9. The van der Waals surface area contributed by atoms with E-state index in [0.717, 1.165) is 11.3 Å². The second-order valence-corrected chi connectivity index (χ2v) is 5.30. The van der Waals surface area contributed by atoms with Crippen LogP contribution < -0.4 is 16.0 Å². The van der Waals surface area contributed by atoms with Crippen LogP contribution in [0.3, 0.4) is 0 Å². The number of benzene rings is 1. The molecule has 1 aromatic carbocycles. The van der Waals surface area contributed by atoms with Gasteiger partial charge in [-0.3, -0.25) is 10.1 Å². The van der Waals surface area contributed by atoms with Gasteiger partial charge in [0.2, 0.25) is 5.91 Å². The number of hydrogen-bond acceptors (Lipinski definition) is 3. The molecule has 0 saturated heterocycles. The van der Waals surface area contributed by atoms with Gasteiger partial charge in [-0.05, 0) is 46.2 Å². The van der Waals surface area contributed by atoms with Crippen molar-refractivity contribution in [1.82, 2.24) is 10.6 Å². The largest absolute Gasteiger partial charge is 0.374 e. The molecule has 0 aliphatic carbocycles. The zero-order chi connectivity index (χ0) is 15.3. The van der Waals surface area contributed by atoms with E-state index in [-0.39, 0.29) is 11.9 Å². The van der Waals surface area contributed by atoms with E-state index in [4.69, 9.17) is 0 Å². The molecule has 1 atom stereocenters. The van der Waals surface area contributed by atoms with E-state index in [1.807, 2.05) is 45.9 Å². The van der Waals surface area contributed by atoms with Crippen LogP contribution in [0.2, 0.25) is 0 Å². The SMILES string of the molecule is Cc1ccc(N[C@H](C)C(=O)NC(=O)NC(C)C)c(C)c1. The summed E-state index contributed by atoms with van der Waals surface area (Å²) in [6.07, 6.45) is 0. The van der Waals surface area contributed by atoms with Crippen molar-refractivity contribution >= 4 is 17.6 Å². The molecule has 0 fully saturated rings. The molecule has 110 valence electrons. The molecule has 0 unspecified atom stereocenters. The number of hydrogen-bond donors (Lipinski definition) is 3. The van der Waals surface area contributed by atoms with E-state index in [0.29, 0.717) is 0 Å². The number of imide groups is 1. The normalized spacial score (nSPS) is 11.9. The second-order valence-electron chi connectivity index (χ2n) is 5.30. The van der Waals surface area contributed by atoms with Crippen molar-refractivity contribution in [3.05, 3.63) is 29.3 Å². The van der Waals surface area contributed by atoms with Gasteiger partial charge in [-0.15, -0.1) is 0 Å². The van der Waals surface area contributed by atoms with Crippen molar-refractivity contribution in [2.45, 2.75) is 46.7 Å². The van der Waals surface area contributed by atoms with Crippen LogP contribution in [0.25, 0.3) is 0 Å². The third-order valence-electron chi connectivity index (χ3n) is 2.80. The minimum absolute atomic E-state index is 0.00888.